The predicted octanol–water partition coefficient (Wildman–Crippen LogP) is 0.891. The van der Waals surface area contributed by atoms with Crippen molar-refractivity contribution in [2.75, 3.05) is 18.2 Å². The molecule has 0 aliphatic carbocycles. The van der Waals surface area contributed by atoms with Gasteiger partial charge in [0.25, 0.3) is 0 Å². The normalized spacial score (nSPS) is 11.5. The first-order valence-corrected chi connectivity index (χ1v) is 8.04. The maximum atomic E-state index is 11.5. The van der Waals surface area contributed by atoms with Gasteiger partial charge >= 0.3 is 0 Å². The van der Waals surface area contributed by atoms with Crippen molar-refractivity contribution < 1.29 is 13.5 Å². The molecule has 1 heterocycles. The highest BCUT2D eigenvalue weighted by atomic mass is 32.2. The third-order valence-electron chi connectivity index (χ3n) is 2.77. The van der Waals surface area contributed by atoms with Crippen LogP contribution in [0.15, 0.2) is 41.6 Å². The van der Waals surface area contributed by atoms with Gasteiger partial charge in [-0.25, -0.2) is 8.42 Å². The predicted molar refractivity (Wildman–Crippen MR) is 76.2 cm³/mol. The summed E-state index contributed by atoms with van der Waals surface area (Å²) < 4.78 is 24.6. The Hall–Kier alpha value is -1.86. The molecule has 0 saturated heterocycles. The number of aromatic nitrogens is 2. The lowest BCUT2D eigenvalue weighted by Crippen LogP contribution is -2.03. The monoisotopic (exact) mass is 295 g/mol. The standard InChI is InChI=1S/C13H17N3O3S/c1-20(18,19)13-4-2-3-12(7-13)14-8-11-9-15-16(10-11)5-6-17/h2-4,7,9-10,14,17H,5-6,8H2,1H3. The van der Waals surface area contributed by atoms with Crippen molar-refractivity contribution in [3.05, 3.63) is 42.2 Å². The molecule has 0 aliphatic rings. The minimum atomic E-state index is -3.20. The lowest BCUT2D eigenvalue weighted by Gasteiger charge is -2.06. The van der Waals surface area contributed by atoms with E-state index in [1.807, 2.05) is 12.3 Å². The summed E-state index contributed by atoms with van der Waals surface area (Å²) in [6, 6.07) is 6.69. The SMILES string of the molecule is CS(=O)(=O)c1cccc(NCc2cnn(CCO)c2)c1. The lowest BCUT2D eigenvalue weighted by molar-refractivity contribution is 0.269. The molecule has 1 aromatic heterocycles. The van der Waals surface area contributed by atoms with Gasteiger partial charge in [-0.3, -0.25) is 4.68 Å². The van der Waals surface area contributed by atoms with Crippen LogP contribution in [0.1, 0.15) is 5.56 Å². The molecule has 2 aromatic rings. The number of nitrogens with one attached hydrogen (secondary N) is 1. The smallest absolute Gasteiger partial charge is 0.175 e. The molecule has 20 heavy (non-hydrogen) atoms. The fourth-order valence-corrected chi connectivity index (χ4v) is 2.43. The molecular formula is C13H17N3O3S. The molecule has 0 amide bonds. The largest absolute Gasteiger partial charge is 0.394 e. The number of hydrogen-bond acceptors (Lipinski definition) is 5. The van der Waals surface area contributed by atoms with Crippen LogP contribution in [0.5, 0.6) is 0 Å². The van der Waals surface area contributed by atoms with Gasteiger partial charge in [0, 0.05) is 30.2 Å². The second-order valence-electron chi connectivity index (χ2n) is 4.49. The second-order valence-corrected chi connectivity index (χ2v) is 6.50. The summed E-state index contributed by atoms with van der Waals surface area (Å²) >= 11 is 0. The van der Waals surface area contributed by atoms with Crippen molar-refractivity contribution in [1.29, 1.82) is 0 Å². The fourth-order valence-electron chi connectivity index (χ4n) is 1.76. The van der Waals surface area contributed by atoms with E-state index in [4.69, 9.17) is 5.11 Å². The number of aliphatic hydroxyl groups excluding tert-OH is 1. The summed E-state index contributed by atoms with van der Waals surface area (Å²) in [5, 5.41) is 16.1. The van der Waals surface area contributed by atoms with E-state index in [1.165, 1.54) is 6.26 Å². The van der Waals surface area contributed by atoms with Gasteiger partial charge in [0.15, 0.2) is 9.84 Å². The van der Waals surface area contributed by atoms with Crippen LogP contribution in [0.4, 0.5) is 5.69 Å². The number of hydrogen-bond donors (Lipinski definition) is 2. The number of sulfone groups is 1. The van der Waals surface area contributed by atoms with Crippen LogP contribution >= 0.6 is 0 Å². The molecule has 0 spiro atoms. The molecule has 0 atom stereocenters. The van der Waals surface area contributed by atoms with E-state index in [1.54, 1.807) is 29.1 Å². The quantitative estimate of drug-likeness (QED) is 0.827. The third kappa shape index (κ3) is 3.82. The van der Waals surface area contributed by atoms with Gasteiger partial charge in [0.2, 0.25) is 0 Å². The first kappa shape index (κ1) is 14.5. The molecule has 0 unspecified atom stereocenters. The third-order valence-corrected chi connectivity index (χ3v) is 3.88. The molecule has 6 nitrogen and oxygen atoms in total. The van der Waals surface area contributed by atoms with E-state index in [0.29, 0.717) is 18.0 Å². The maximum absolute atomic E-state index is 11.5. The van der Waals surface area contributed by atoms with Gasteiger partial charge in [-0.15, -0.1) is 0 Å². The molecule has 7 heteroatoms. The zero-order chi connectivity index (χ0) is 14.6. The van der Waals surface area contributed by atoms with Gasteiger partial charge < -0.3 is 10.4 Å². The summed E-state index contributed by atoms with van der Waals surface area (Å²) in [6.45, 7) is 1.05. The Morgan fingerprint density at radius 3 is 2.90 bits per heavy atom. The fraction of sp³-hybridized carbons (Fsp3) is 0.308. The molecule has 0 saturated carbocycles. The lowest BCUT2D eigenvalue weighted by atomic mass is 10.3. The maximum Gasteiger partial charge on any atom is 0.175 e. The van der Waals surface area contributed by atoms with Crippen LogP contribution in [0, 0.1) is 0 Å². The Bertz CT molecular complexity index is 680. The molecule has 2 rings (SSSR count). The highest BCUT2D eigenvalue weighted by Gasteiger charge is 2.07. The van der Waals surface area contributed by atoms with Crippen LogP contribution in [0.25, 0.3) is 0 Å². The summed E-state index contributed by atoms with van der Waals surface area (Å²) in [5.41, 5.74) is 1.70. The molecule has 0 bridgehead atoms. The summed E-state index contributed by atoms with van der Waals surface area (Å²) in [5.74, 6) is 0. The number of benzene rings is 1. The van der Waals surface area contributed by atoms with Crippen LogP contribution in [0.2, 0.25) is 0 Å². The molecule has 2 N–H and O–H groups in total. The highest BCUT2D eigenvalue weighted by Crippen LogP contribution is 2.16. The van der Waals surface area contributed by atoms with E-state index in [0.717, 1.165) is 11.3 Å². The second kappa shape index (κ2) is 6.06. The minimum absolute atomic E-state index is 0.0466. The summed E-state index contributed by atoms with van der Waals surface area (Å²) in [4.78, 5) is 0.290. The molecule has 108 valence electrons. The van der Waals surface area contributed by atoms with E-state index in [9.17, 15) is 8.42 Å². The Kier molecular flexibility index (Phi) is 4.41. The molecule has 1 aromatic carbocycles. The van der Waals surface area contributed by atoms with Crippen LogP contribution in [-0.4, -0.2) is 36.2 Å². The van der Waals surface area contributed by atoms with Crippen LogP contribution < -0.4 is 5.32 Å². The van der Waals surface area contributed by atoms with Gasteiger partial charge in [0.1, 0.15) is 0 Å². The van der Waals surface area contributed by atoms with E-state index >= 15 is 0 Å². The number of rotatable bonds is 6. The Balaban J connectivity index is 2.03. The Labute approximate surface area is 118 Å². The molecular weight excluding hydrogens is 278 g/mol. The number of aliphatic hydroxyl groups is 1. The van der Waals surface area contributed by atoms with Gasteiger partial charge in [-0.05, 0) is 18.2 Å². The topological polar surface area (TPSA) is 84.2 Å². The first-order chi connectivity index (χ1) is 9.49. The Morgan fingerprint density at radius 2 is 2.20 bits per heavy atom. The molecule has 0 aliphatic heterocycles. The Morgan fingerprint density at radius 1 is 1.40 bits per heavy atom. The van der Waals surface area contributed by atoms with Crippen molar-refractivity contribution in [2.45, 2.75) is 18.0 Å². The zero-order valence-corrected chi connectivity index (χ0v) is 12.0. The van der Waals surface area contributed by atoms with Crippen LogP contribution in [0.3, 0.4) is 0 Å². The van der Waals surface area contributed by atoms with Crippen molar-refractivity contribution in [3.8, 4) is 0 Å². The van der Waals surface area contributed by atoms with Crippen molar-refractivity contribution in [2.24, 2.45) is 0 Å². The van der Waals surface area contributed by atoms with Gasteiger partial charge in [-0.2, -0.15) is 5.10 Å². The highest BCUT2D eigenvalue weighted by molar-refractivity contribution is 7.90. The van der Waals surface area contributed by atoms with Gasteiger partial charge in [0.05, 0.1) is 24.2 Å². The zero-order valence-electron chi connectivity index (χ0n) is 11.2. The summed E-state index contributed by atoms with van der Waals surface area (Å²) in [7, 11) is -3.20. The number of nitrogens with zero attached hydrogens (tertiary/aromatic N) is 2. The van der Waals surface area contributed by atoms with Gasteiger partial charge in [-0.1, -0.05) is 6.07 Å². The van der Waals surface area contributed by atoms with Crippen molar-refractivity contribution in [3.63, 3.8) is 0 Å². The van der Waals surface area contributed by atoms with Crippen molar-refractivity contribution >= 4 is 15.5 Å². The average molecular weight is 295 g/mol. The van der Waals surface area contributed by atoms with Crippen LogP contribution in [-0.2, 0) is 22.9 Å². The minimum Gasteiger partial charge on any atom is -0.394 e. The summed E-state index contributed by atoms with van der Waals surface area (Å²) in [6.07, 6.45) is 4.73. The molecule has 0 fully saturated rings. The number of anilines is 1. The van der Waals surface area contributed by atoms with E-state index in [2.05, 4.69) is 10.4 Å². The van der Waals surface area contributed by atoms with E-state index < -0.39 is 9.84 Å². The first-order valence-electron chi connectivity index (χ1n) is 6.15. The van der Waals surface area contributed by atoms with Crippen molar-refractivity contribution in [1.82, 2.24) is 9.78 Å². The average Bonchev–Trinajstić information content (AvgIpc) is 2.84. The van der Waals surface area contributed by atoms with E-state index in [-0.39, 0.29) is 6.61 Å². The molecule has 0 radical (unpaired) electrons.